The Morgan fingerprint density at radius 1 is 0.815 bits per heavy atom. The molecule has 0 aliphatic heterocycles. The molecule has 0 radical (unpaired) electrons. The van der Waals surface area contributed by atoms with E-state index in [1.165, 1.54) is 39.2 Å². The van der Waals surface area contributed by atoms with Crippen LogP contribution in [0.25, 0.3) is 21.5 Å². The molecule has 1 unspecified atom stereocenters. The first-order chi connectivity index (χ1) is 13.1. The van der Waals surface area contributed by atoms with E-state index in [2.05, 4.69) is 48.5 Å². The lowest BCUT2D eigenvalue weighted by molar-refractivity contribution is -0.120. The van der Waals surface area contributed by atoms with E-state index in [0.717, 1.165) is 11.1 Å². The van der Waals surface area contributed by atoms with Crippen molar-refractivity contribution in [2.24, 2.45) is 0 Å². The molecule has 0 N–H and O–H groups in total. The van der Waals surface area contributed by atoms with Crippen molar-refractivity contribution in [3.8, 4) is 0 Å². The van der Waals surface area contributed by atoms with E-state index >= 15 is 0 Å². The Kier molecular flexibility index (Phi) is 3.61. The molecule has 0 fully saturated rings. The molecule has 0 saturated heterocycles. The third-order valence-electron chi connectivity index (χ3n) is 5.98. The molecule has 27 heavy (non-hydrogen) atoms. The van der Waals surface area contributed by atoms with E-state index < -0.39 is 0 Å². The molecule has 132 valence electrons. The maximum atomic E-state index is 13.4. The number of benzene rings is 4. The van der Waals surface area contributed by atoms with Crippen LogP contribution in [0.1, 0.15) is 41.9 Å². The smallest absolute Gasteiger partial charge is 0.141 e. The van der Waals surface area contributed by atoms with Crippen LogP contribution in [-0.4, -0.2) is 5.78 Å². The lowest BCUT2D eigenvalue weighted by Gasteiger charge is -2.31. The van der Waals surface area contributed by atoms with E-state index in [9.17, 15) is 9.18 Å². The highest BCUT2D eigenvalue weighted by atomic mass is 19.1. The van der Waals surface area contributed by atoms with Crippen molar-refractivity contribution in [2.75, 3.05) is 0 Å². The summed E-state index contributed by atoms with van der Waals surface area (Å²) in [5, 5.41) is 4.84. The van der Waals surface area contributed by atoms with Gasteiger partial charge in [0.05, 0.1) is 0 Å². The van der Waals surface area contributed by atoms with Crippen molar-refractivity contribution in [2.45, 2.75) is 25.2 Å². The first kappa shape index (κ1) is 16.2. The standard InChI is InChI=1S/C25H19FO/c1-15-19-12-13-21-20-5-3-2-4-16(20)8-11-22(21)25(19)23(14-24(15)27)17-6-9-18(26)10-7-17/h2-13,15,23H,14H2,1H3/t15-,23?/m0/s1. The van der Waals surface area contributed by atoms with Gasteiger partial charge in [-0.2, -0.15) is 0 Å². The molecule has 4 aromatic rings. The van der Waals surface area contributed by atoms with Crippen molar-refractivity contribution >= 4 is 27.3 Å². The van der Waals surface area contributed by atoms with Crippen LogP contribution in [0.2, 0.25) is 0 Å². The second kappa shape index (κ2) is 6.02. The van der Waals surface area contributed by atoms with Crippen LogP contribution in [0, 0.1) is 5.82 Å². The van der Waals surface area contributed by atoms with Crippen LogP contribution < -0.4 is 0 Å². The van der Waals surface area contributed by atoms with Crippen LogP contribution in [-0.2, 0) is 4.79 Å². The minimum atomic E-state index is -0.251. The van der Waals surface area contributed by atoms with Crippen LogP contribution >= 0.6 is 0 Å². The molecule has 0 spiro atoms. The van der Waals surface area contributed by atoms with Gasteiger partial charge in [0.2, 0.25) is 0 Å². The summed E-state index contributed by atoms with van der Waals surface area (Å²) in [6.45, 7) is 1.99. The Morgan fingerprint density at radius 3 is 2.37 bits per heavy atom. The first-order valence-corrected chi connectivity index (χ1v) is 9.36. The van der Waals surface area contributed by atoms with Crippen LogP contribution in [0.3, 0.4) is 0 Å². The van der Waals surface area contributed by atoms with E-state index in [-0.39, 0.29) is 23.4 Å². The highest BCUT2D eigenvalue weighted by molar-refractivity contribution is 6.10. The molecular formula is C25H19FO. The van der Waals surface area contributed by atoms with Crippen molar-refractivity contribution in [1.82, 2.24) is 0 Å². The number of fused-ring (bicyclic) bond motifs is 5. The first-order valence-electron chi connectivity index (χ1n) is 9.36. The predicted molar refractivity (Wildman–Crippen MR) is 108 cm³/mol. The molecule has 1 nitrogen and oxygen atoms in total. The molecule has 1 aliphatic rings. The fourth-order valence-corrected chi connectivity index (χ4v) is 4.53. The Balaban J connectivity index is 1.84. The molecule has 0 amide bonds. The molecule has 2 heteroatoms. The van der Waals surface area contributed by atoms with Gasteiger partial charge in [-0.15, -0.1) is 0 Å². The average Bonchev–Trinajstić information content (AvgIpc) is 2.70. The molecular weight excluding hydrogens is 335 g/mol. The fraction of sp³-hybridized carbons (Fsp3) is 0.160. The second-order valence-electron chi connectivity index (χ2n) is 7.45. The van der Waals surface area contributed by atoms with Gasteiger partial charge in [-0.25, -0.2) is 4.39 Å². The zero-order valence-electron chi connectivity index (χ0n) is 15.1. The SMILES string of the molecule is C[C@@H]1C(=O)CC(c2ccc(F)cc2)c2c1ccc1c2ccc2ccccc21. The molecule has 0 bridgehead atoms. The summed E-state index contributed by atoms with van der Waals surface area (Å²) < 4.78 is 13.4. The van der Waals surface area contributed by atoms with Gasteiger partial charge < -0.3 is 0 Å². The van der Waals surface area contributed by atoms with E-state index in [1.807, 2.05) is 19.1 Å². The van der Waals surface area contributed by atoms with Gasteiger partial charge in [-0.1, -0.05) is 67.6 Å². The molecule has 0 heterocycles. The number of carbonyl (C=O) groups is 1. The summed E-state index contributed by atoms with van der Waals surface area (Å²) >= 11 is 0. The Hall–Kier alpha value is -3.00. The van der Waals surface area contributed by atoms with Gasteiger partial charge in [-0.3, -0.25) is 4.79 Å². The topological polar surface area (TPSA) is 17.1 Å². The number of rotatable bonds is 1. The summed E-state index contributed by atoms with van der Waals surface area (Å²) in [5.74, 6) is -0.142. The zero-order chi connectivity index (χ0) is 18.5. The van der Waals surface area contributed by atoms with Crippen molar-refractivity contribution in [3.05, 3.63) is 95.3 Å². The third kappa shape index (κ3) is 2.48. The summed E-state index contributed by atoms with van der Waals surface area (Å²) in [5.41, 5.74) is 3.32. The summed E-state index contributed by atoms with van der Waals surface area (Å²) in [6, 6.07) is 23.6. The number of halogens is 1. The van der Waals surface area contributed by atoms with Crippen LogP contribution in [0.15, 0.2) is 72.8 Å². The van der Waals surface area contributed by atoms with E-state index in [1.54, 1.807) is 0 Å². The Labute approximate surface area is 157 Å². The summed E-state index contributed by atoms with van der Waals surface area (Å²) in [7, 11) is 0. The minimum absolute atomic E-state index is 0.0332. The van der Waals surface area contributed by atoms with Gasteiger partial charge in [0, 0.05) is 18.3 Å². The maximum Gasteiger partial charge on any atom is 0.141 e. The summed E-state index contributed by atoms with van der Waals surface area (Å²) in [4.78, 5) is 12.7. The van der Waals surface area contributed by atoms with Crippen molar-refractivity contribution < 1.29 is 9.18 Å². The molecule has 1 aliphatic carbocycles. The zero-order valence-corrected chi connectivity index (χ0v) is 15.1. The Morgan fingerprint density at radius 2 is 1.56 bits per heavy atom. The molecule has 5 rings (SSSR count). The Bertz CT molecular complexity index is 1190. The largest absolute Gasteiger partial charge is 0.299 e. The van der Waals surface area contributed by atoms with Crippen molar-refractivity contribution in [3.63, 3.8) is 0 Å². The van der Waals surface area contributed by atoms with Crippen LogP contribution in [0.5, 0.6) is 0 Å². The number of hydrogen-bond acceptors (Lipinski definition) is 1. The van der Waals surface area contributed by atoms with E-state index in [4.69, 9.17) is 0 Å². The highest BCUT2D eigenvalue weighted by Crippen LogP contribution is 2.44. The number of hydrogen-bond donors (Lipinski definition) is 0. The van der Waals surface area contributed by atoms with Crippen molar-refractivity contribution in [1.29, 1.82) is 0 Å². The number of ketones is 1. The van der Waals surface area contributed by atoms with Gasteiger partial charge >= 0.3 is 0 Å². The minimum Gasteiger partial charge on any atom is -0.299 e. The van der Waals surface area contributed by atoms with Crippen LogP contribution in [0.4, 0.5) is 4.39 Å². The van der Waals surface area contributed by atoms with E-state index in [0.29, 0.717) is 6.42 Å². The molecule has 0 aromatic heterocycles. The van der Waals surface area contributed by atoms with Gasteiger partial charge in [0.1, 0.15) is 11.6 Å². The van der Waals surface area contributed by atoms with Gasteiger partial charge in [0.25, 0.3) is 0 Å². The van der Waals surface area contributed by atoms with Gasteiger partial charge in [-0.05, 0) is 50.4 Å². The molecule has 0 saturated carbocycles. The lowest BCUT2D eigenvalue weighted by atomic mass is 9.72. The highest BCUT2D eigenvalue weighted by Gasteiger charge is 2.33. The monoisotopic (exact) mass is 354 g/mol. The summed E-state index contributed by atoms with van der Waals surface area (Å²) in [6.07, 6.45) is 0.464. The average molecular weight is 354 g/mol. The lowest BCUT2D eigenvalue weighted by Crippen LogP contribution is -2.23. The third-order valence-corrected chi connectivity index (χ3v) is 5.98. The predicted octanol–water partition coefficient (Wildman–Crippen LogP) is 6.34. The second-order valence-corrected chi connectivity index (χ2v) is 7.45. The fourth-order valence-electron chi connectivity index (χ4n) is 4.53. The molecule has 2 atom stereocenters. The maximum absolute atomic E-state index is 13.4. The molecule has 4 aromatic carbocycles. The number of Topliss-reactive ketones (excluding diaryl/α,β-unsaturated/α-hetero) is 1. The van der Waals surface area contributed by atoms with Gasteiger partial charge in [0.15, 0.2) is 0 Å². The quantitative estimate of drug-likeness (QED) is 0.365. The normalized spacial score (nSPS) is 19.4. The number of carbonyl (C=O) groups excluding carboxylic acids is 1.